The smallest absolute Gasteiger partial charge is 0.854 e. The molecule has 0 aromatic rings. The van der Waals surface area contributed by atoms with Gasteiger partial charge in [0.1, 0.15) is 0 Å². The van der Waals surface area contributed by atoms with Gasteiger partial charge in [0.2, 0.25) is 0 Å². The summed E-state index contributed by atoms with van der Waals surface area (Å²) in [7, 11) is 0. The van der Waals surface area contributed by atoms with Crippen molar-refractivity contribution in [3.8, 4) is 0 Å². The van der Waals surface area contributed by atoms with Crippen molar-refractivity contribution >= 4 is 66.2 Å². The molecule has 0 heterocycles. The van der Waals surface area contributed by atoms with E-state index in [4.69, 9.17) is 0 Å². The molecule has 0 aliphatic carbocycles. The van der Waals surface area contributed by atoms with E-state index in [1.165, 1.54) is 0 Å². The molecular weight excluding hydrogens is 485 g/mol. The molecule has 0 saturated carbocycles. The van der Waals surface area contributed by atoms with E-state index in [9.17, 15) is 25.5 Å². The van der Waals surface area contributed by atoms with Crippen LogP contribution in [-0.2, 0) is 0 Å². The summed E-state index contributed by atoms with van der Waals surface area (Å²) in [5.41, 5.74) is 0. The summed E-state index contributed by atoms with van der Waals surface area (Å²) >= 11 is 0. The molecule has 0 fully saturated rings. The van der Waals surface area contributed by atoms with Gasteiger partial charge in [0.05, 0.1) is 0 Å². The Morgan fingerprint density at radius 3 is 0.481 bits per heavy atom. The van der Waals surface area contributed by atoms with Gasteiger partial charge in [0.25, 0.3) is 0 Å². The molecule has 0 spiro atoms. The number of hydrogen-bond donors (Lipinski definition) is 0. The van der Waals surface area contributed by atoms with Gasteiger partial charge in [-0.3, -0.25) is 0 Å². The van der Waals surface area contributed by atoms with E-state index in [0.717, 1.165) is 64.2 Å². The van der Waals surface area contributed by atoms with Crippen molar-refractivity contribution in [1.29, 1.82) is 0 Å². The summed E-state index contributed by atoms with van der Waals surface area (Å²) in [4.78, 5) is 0. The molecule has 27 heavy (non-hydrogen) atoms. The van der Waals surface area contributed by atoms with Gasteiger partial charge in [-0.05, 0) is 0 Å². The maximum Gasteiger partial charge on any atom is 3.00 e. The van der Waals surface area contributed by atoms with Crippen LogP contribution in [0.25, 0.3) is 0 Å². The van der Waals surface area contributed by atoms with Gasteiger partial charge in [-0.1, -0.05) is 98.8 Å². The predicted octanol–water partition coefficient (Wildman–Crippen LogP) is -0.0276. The van der Waals surface area contributed by atoms with Crippen molar-refractivity contribution in [2.24, 2.45) is 0 Å². The monoisotopic (exact) mass is 530 g/mol. The number of hydrogen-bond acceptors (Lipinski definition) is 5. The van der Waals surface area contributed by atoms with Crippen LogP contribution in [0.1, 0.15) is 98.8 Å². The van der Waals surface area contributed by atoms with Crippen LogP contribution in [0.3, 0.4) is 0 Å². The van der Waals surface area contributed by atoms with Crippen LogP contribution in [0.4, 0.5) is 0 Å². The Kier molecular flexibility index (Phi) is 123. The third-order valence-corrected chi connectivity index (χ3v) is 2.49. The van der Waals surface area contributed by atoms with Crippen molar-refractivity contribution in [3.63, 3.8) is 0 Å². The topological polar surface area (TPSA) is 115 Å². The molecule has 0 atom stereocenters. The average Bonchev–Trinajstić information content (AvgIpc) is 2.61. The van der Waals surface area contributed by atoms with E-state index in [2.05, 4.69) is 0 Å². The molecular formula is C20H45AlBaO5. The maximum absolute atomic E-state index is 9.53. The van der Waals surface area contributed by atoms with Gasteiger partial charge >= 0.3 is 66.2 Å². The fourth-order valence-corrected chi connectivity index (χ4v) is 0.722. The van der Waals surface area contributed by atoms with Crippen LogP contribution >= 0.6 is 0 Å². The Balaban J connectivity index is -0.0000000364. The van der Waals surface area contributed by atoms with Gasteiger partial charge in [0.15, 0.2) is 0 Å². The molecule has 5 nitrogen and oxygen atoms in total. The summed E-state index contributed by atoms with van der Waals surface area (Å²) in [6.07, 6.45) is 9.32. The molecule has 0 aliphatic rings. The summed E-state index contributed by atoms with van der Waals surface area (Å²) in [6, 6.07) is 0. The van der Waals surface area contributed by atoms with Crippen LogP contribution in [0.5, 0.6) is 0 Å². The second-order valence-corrected chi connectivity index (χ2v) is 5.29. The molecule has 0 rings (SSSR count). The molecule has 0 aliphatic heterocycles. The maximum atomic E-state index is 9.53. The minimum absolute atomic E-state index is 0. The Morgan fingerprint density at radius 2 is 0.481 bits per heavy atom. The first-order valence-corrected chi connectivity index (χ1v) is 9.98. The largest absolute Gasteiger partial charge is 3.00 e. The Morgan fingerprint density at radius 1 is 0.370 bits per heavy atom. The van der Waals surface area contributed by atoms with Gasteiger partial charge in [-0.25, -0.2) is 0 Å². The van der Waals surface area contributed by atoms with Crippen molar-refractivity contribution in [3.05, 3.63) is 0 Å². The second-order valence-electron chi connectivity index (χ2n) is 5.29. The standard InChI is InChI=1S/5C4H9O.Al.Ba/c5*1-2-3-4-5;;/h5*2-4H2,1H3;;/q5*-1;+3;+2. The van der Waals surface area contributed by atoms with Crippen molar-refractivity contribution in [2.75, 3.05) is 33.0 Å². The minimum atomic E-state index is 0. The fourth-order valence-electron chi connectivity index (χ4n) is 0.722. The zero-order chi connectivity index (χ0) is 20.6. The number of unbranched alkanes of at least 4 members (excludes halogenated alkanes) is 5. The van der Waals surface area contributed by atoms with Crippen LogP contribution in [0, 0.1) is 0 Å². The van der Waals surface area contributed by atoms with E-state index < -0.39 is 0 Å². The third kappa shape index (κ3) is 132. The first-order chi connectivity index (χ1) is 12.1. The molecule has 7 heteroatoms. The van der Waals surface area contributed by atoms with E-state index >= 15 is 0 Å². The molecule has 0 amide bonds. The molecule has 0 aromatic heterocycles. The van der Waals surface area contributed by atoms with Gasteiger partial charge < -0.3 is 25.5 Å². The zero-order valence-corrected chi connectivity index (χ0v) is 24.5. The van der Waals surface area contributed by atoms with E-state index in [1.54, 1.807) is 0 Å². The number of rotatable bonds is 10. The van der Waals surface area contributed by atoms with Gasteiger partial charge in [-0.15, -0.1) is 33.0 Å². The van der Waals surface area contributed by atoms with Crippen molar-refractivity contribution in [1.82, 2.24) is 0 Å². The first-order valence-electron chi connectivity index (χ1n) is 9.98. The van der Waals surface area contributed by atoms with Crippen molar-refractivity contribution in [2.45, 2.75) is 98.8 Å². The second kappa shape index (κ2) is 70.7. The SMILES string of the molecule is CCCC[O-].CCCC[O-].CCCC[O-].CCCC[O-].CCCC[O-].[Al+3].[Ba+2]. The molecule has 0 radical (unpaired) electrons. The molecule has 160 valence electrons. The first kappa shape index (κ1) is 46.9. The van der Waals surface area contributed by atoms with Gasteiger partial charge in [-0.2, -0.15) is 0 Å². The Bertz CT molecular complexity index is 103. The van der Waals surface area contributed by atoms with Gasteiger partial charge in [0, 0.05) is 0 Å². The zero-order valence-electron chi connectivity index (χ0n) is 18.9. The summed E-state index contributed by atoms with van der Waals surface area (Å²) < 4.78 is 0. The average molecular weight is 530 g/mol. The minimum Gasteiger partial charge on any atom is -0.854 e. The summed E-state index contributed by atoms with van der Waals surface area (Å²) in [5, 5.41) is 47.6. The molecule has 0 N–H and O–H groups in total. The van der Waals surface area contributed by atoms with Crippen LogP contribution in [0.2, 0.25) is 0 Å². The summed E-state index contributed by atoms with van der Waals surface area (Å²) in [6.45, 7) is 10.5. The van der Waals surface area contributed by atoms with Crippen LogP contribution < -0.4 is 25.5 Å². The quantitative estimate of drug-likeness (QED) is 0.369. The molecule has 0 bridgehead atoms. The molecule has 0 saturated heterocycles. The molecule has 0 aromatic carbocycles. The normalized spacial score (nSPS) is 7.78. The Hall–Kier alpha value is 1.90. The third-order valence-electron chi connectivity index (χ3n) is 2.49. The van der Waals surface area contributed by atoms with E-state index in [0.29, 0.717) is 0 Å². The fraction of sp³-hybridized carbons (Fsp3) is 1.00. The molecule has 0 unspecified atom stereocenters. The van der Waals surface area contributed by atoms with Crippen LogP contribution in [-0.4, -0.2) is 99.3 Å². The van der Waals surface area contributed by atoms with E-state index in [1.807, 2.05) is 34.6 Å². The summed E-state index contributed by atoms with van der Waals surface area (Å²) in [5.74, 6) is 0. The van der Waals surface area contributed by atoms with Crippen LogP contribution in [0.15, 0.2) is 0 Å². The van der Waals surface area contributed by atoms with E-state index in [-0.39, 0.29) is 99.3 Å². The predicted molar refractivity (Wildman–Crippen MR) is 110 cm³/mol. The Labute approximate surface area is 221 Å². The van der Waals surface area contributed by atoms with Crippen molar-refractivity contribution < 1.29 is 25.5 Å².